The first kappa shape index (κ1) is 16.9. The number of para-hydroxylation sites is 2. The van der Waals surface area contributed by atoms with E-state index in [0.29, 0.717) is 11.5 Å². The zero-order valence-electron chi connectivity index (χ0n) is 12.8. The van der Waals surface area contributed by atoms with Crippen LogP contribution >= 0.6 is 0 Å². The van der Waals surface area contributed by atoms with Crippen LogP contribution in [-0.2, 0) is 4.79 Å². The van der Waals surface area contributed by atoms with E-state index in [-0.39, 0.29) is 18.0 Å². The van der Waals surface area contributed by atoms with Gasteiger partial charge in [-0.05, 0) is 37.3 Å². The number of nitro benzene ring substituents is 1. The summed E-state index contributed by atoms with van der Waals surface area (Å²) < 4.78 is 10.3. The highest BCUT2D eigenvalue weighted by atomic mass is 16.6. The summed E-state index contributed by atoms with van der Waals surface area (Å²) in [7, 11) is 0. The Morgan fingerprint density at radius 3 is 2.88 bits per heavy atom. The summed E-state index contributed by atoms with van der Waals surface area (Å²) in [5.74, 6) is 0.158. The third-order valence-corrected chi connectivity index (χ3v) is 2.81. The van der Waals surface area contributed by atoms with Gasteiger partial charge in [-0.2, -0.15) is 5.10 Å². The predicted molar refractivity (Wildman–Crippen MR) is 87.6 cm³/mol. The lowest BCUT2D eigenvalue weighted by atomic mass is 10.3. The molecule has 24 heavy (non-hydrogen) atoms. The number of hydrogen-bond acceptors (Lipinski definition) is 6. The zero-order valence-corrected chi connectivity index (χ0v) is 12.8. The summed E-state index contributed by atoms with van der Waals surface area (Å²) in [6, 6.07) is 9.37. The van der Waals surface area contributed by atoms with Crippen molar-refractivity contribution in [1.82, 2.24) is 5.43 Å². The van der Waals surface area contributed by atoms with Gasteiger partial charge in [-0.15, -0.1) is 0 Å². The first-order chi connectivity index (χ1) is 11.6. The lowest BCUT2D eigenvalue weighted by molar-refractivity contribution is -0.385. The molecule has 2 rings (SSSR count). The van der Waals surface area contributed by atoms with Crippen LogP contribution in [0.4, 0.5) is 5.69 Å². The topological polar surface area (TPSA) is 107 Å². The van der Waals surface area contributed by atoms with Crippen molar-refractivity contribution < 1.29 is 18.9 Å². The summed E-state index contributed by atoms with van der Waals surface area (Å²) in [6.07, 6.45) is 4.92. The van der Waals surface area contributed by atoms with E-state index in [0.717, 1.165) is 0 Å². The van der Waals surface area contributed by atoms with Crippen molar-refractivity contribution in [2.75, 3.05) is 6.61 Å². The summed E-state index contributed by atoms with van der Waals surface area (Å²) in [4.78, 5) is 21.9. The highest BCUT2D eigenvalue weighted by Gasteiger charge is 2.14. The van der Waals surface area contributed by atoms with Crippen LogP contribution in [0.3, 0.4) is 0 Å². The van der Waals surface area contributed by atoms with Crippen molar-refractivity contribution in [1.29, 1.82) is 0 Å². The van der Waals surface area contributed by atoms with Crippen molar-refractivity contribution in [3.05, 3.63) is 64.6 Å². The molecule has 124 valence electrons. The molecular weight excluding hydrogens is 314 g/mol. The van der Waals surface area contributed by atoms with E-state index in [1.54, 1.807) is 43.5 Å². The molecule has 0 fully saturated rings. The Balaban J connectivity index is 1.85. The third-order valence-electron chi connectivity index (χ3n) is 2.81. The Labute approximate surface area is 137 Å². The van der Waals surface area contributed by atoms with E-state index in [1.165, 1.54) is 18.2 Å². The molecule has 0 atom stereocenters. The molecule has 0 aliphatic rings. The van der Waals surface area contributed by atoms with Crippen molar-refractivity contribution in [3.8, 4) is 5.75 Å². The molecule has 0 aliphatic carbocycles. The van der Waals surface area contributed by atoms with Crippen LogP contribution in [0, 0.1) is 10.1 Å². The number of amides is 1. The quantitative estimate of drug-likeness (QED) is 0.477. The van der Waals surface area contributed by atoms with Crippen LogP contribution in [0.15, 0.2) is 58.3 Å². The molecule has 1 aromatic carbocycles. The molecule has 8 nitrogen and oxygen atoms in total. The molecule has 1 amide bonds. The van der Waals surface area contributed by atoms with E-state index in [1.807, 2.05) is 0 Å². The minimum Gasteiger partial charge on any atom is -0.477 e. The average molecular weight is 329 g/mol. The van der Waals surface area contributed by atoms with Gasteiger partial charge in [-0.3, -0.25) is 14.9 Å². The molecule has 1 aromatic heterocycles. The second-order valence-corrected chi connectivity index (χ2v) is 4.65. The molecule has 0 unspecified atom stereocenters. The Hall–Kier alpha value is -3.42. The number of nitrogens with zero attached hydrogens (tertiary/aromatic N) is 2. The molecule has 0 spiro atoms. The van der Waals surface area contributed by atoms with E-state index in [2.05, 4.69) is 10.5 Å². The fourth-order valence-corrected chi connectivity index (χ4v) is 1.68. The van der Waals surface area contributed by atoms with E-state index < -0.39 is 10.8 Å². The van der Waals surface area contributed by atoms with Crippen LogP contribution in [0.1, 0.15) is 12.7 Å². The van der Waals surface area contributed by atoms with Gasteiger partial charge in [0.15, 0.2) is 12.4 Å². The number of carbonyl (C=O) groups is 1. The van der Waals surface area contributed by atoms with E-state index in [9.17, 15) is 14.9 Å². The monoisotopic (exact) mass is 329 g/mol. The minimum absolute atomic E-state index is 0.0241. The summed E-state index contributed by atoms with van der Waals surface area (Å²) in [5.41, 5.74) is 2.65. The Kier molecular flexibility index (Phi) is 5.84. The fraction of sp³-hybridized carbons (Fsp3) is 0.125. The zero-order chi connectivity index (χ0) is 17.4. The van der Waals surface area contributed by atoms with Crippen molar-refractivity contribution in [3.63, 3.8) is 0 Å². The number of benzene rings is 1. The number of carbonyl (C=O) groups excluding carboxylic acids is 1. The van der Waals surface area contributed by atoms with Gasteiger partial charge in [0.1, 0.15) is 5.76 Å². The summed E-state index contributed by atoms with van der Waals surface area (Å²) in [5, 5.41) is 14.7. The summed E-state index contributed by atoms with van der Waals surface area (Å²) >= 11 is 0. The van der Waals surface area contributed by atoms with Gasteiger partial charge in [0.2, 0.25) is 0 Å². The standard InChI is InChI=1S/C16H15N3O5/c1-12(8-9-13-5-4-10-23-13)17-18-16(20)11-24-15-7-3-2-6-14(15)19(21)22/h2-10H,11H2,1H3,(H,18,20)/b9-8+,17-12-. The van der Waals surface area contributed by atoms with Gasteiger partial charge in [-0.25, -0.2) is 5.43 Å². The van der Waals surface area contributed by atoms with E-state index in [4.69, 9.17) is 9.15 Å². The minimum atomic E-state index is -0.574. The Morgan fingerprint density at radius 2 is 2.17 bits per heavy atom. The predicted octanol–water partition coefficient (Wildman–Crippen LogP) is 2.77. The summed E-state index contributed by atoms with van der Waals surface area (Å²) in [6.45, 7) is 1.31. The largest absolute Gasteiger partial charge is 0.477 e. The SMILES string of the molecule is CC(/C=C/c1ccco1)=N/NC(=O)COc1ccccc1[N+](=O)[O-]. The van der Waals surface area contributed by atoms with Crippen LogP contribution in [-0.4, -0.2) is 23.1 Å². The molecule has 0 radical (unpaired) electrons. The van der Waals surface area contributed by atoms with Crippen LogP contribution in [0.5, 0.6) is 5.75 Å². The van der Waals surface area contributed by atoms with Gasteiger partial charge in [0.25, 0.3) is 5.91 Å². The van der Waals surface area contributed by atoms with E-state index >= 15 is 0 Å². The number of nitrogens with one attached hydrogen (secondary N) is 1. The second kappa shape index (κ2) is 8.28. The molecule has 0 saturated heterocycles. The molecule has 1 heterocycles. The number of hydrogen-bond donors (Lipinski definition) is 1. The molecule has 0 bridgehead atoms. The molecular formula is C16H15N3O5. The maximum Gasteiger partial charge on any atom is 0.310 e. The fourth-order valence-electron chi connectivity index (χ4n) is 1.68. The van der Waals surface area contributed by atoms with Gasteiger partial charge in [-0.1, -0.05) is 12.1 Å². The normalized spacial score (nSPS) is 11.5. The maximum atomic E-state index is 11.7. The van der Waals surface area contributed by atoms with Crippen molar-refractivity contribution >= 4 is 23.4 Å². The maximum absolute atomic E-state index is 11.7. The number of allylic oxidation sites excluding steroid dienone is 1. The number of ether oxygens (including phenoxy) is 1. The first-order valence-corrected chi connectivity index (χ1v) is 6.97. The van der Waals surface area contributed by atoms with Crippen LogP contribution in [0.2, 0.25) is 0 Å². The van der Waals surface area contributed by atoms with Crippen LogP contribution in [0.25, 0.3) is 6.08 Å². The average Bonchev–Trinajstić information content (AvgIpc) is 3.10. The molecule has 0 aliphatic heterocycles. The smallest absolute Gasteiger partial charge is 0.310 e. The highest BCUT2D eigenvalue weighted by Crippen LogP contribution is 2.25. The molecule has 2 aromatic rings. The van der Waals surface area contributed by atoms with Gasteiger partial charge < -0.3 is 9.15 Å². The van der Waals surface area contributed by atoms with Crippen molar-refractivity contribution in [2.45, 2.75) is 6.92 Å². The number of hydrazone groups is 1. The number of nitro groups is 1. The molecule has 0 saturated carbocycles. The lowest BCUT2D eigenvalue weighted by Crippen LogP contribution is -2.25. The van der Waals surface area contributed by atoms with Gasteiger partial charge in [0, 0.05) is 6.07 Å². The van der Waals surface area contributed by atoms with Crippen LogP contribution < -0.4 is 10.2 Å². The highest BCUT2D eigenvalue weighted by molar-refractivity contribution is 5.96. The third kappa shape index (κ3) is 5.09. The first-order valence-electron chi connectivity index (χ1n) is 6.97. The Bertz CT molecular complexity index is 766. The molecule has 8 heteroatoms. The number of rotatable bonds is 7. The van der Waals surface area contributed by atoms with Gasteiger partial charge in [0.05, 0.1) is 16.9 Å². The molecule has 1 N–H and O–H groups in total. The number of furan rings is 1. The Morgan fingerprint density at radius 1 is 1.38 bits per heavy atom. The second-order valence-electron chi connectivity index (χ2n) is 4.65. The van der Waals surface area contributed by atoms with Gasteiger partial charge >= 0.3 is 5.69 Å². The van der Waals surface area contributed by atoms with Crippen molar-refractivity contribution in [2.24, 2.45) is 5.10 Å². The lowest BCUT2D eigenvalue weighted by Gasteiger charge is -2.05.